The highest BCUT2D eigenvalue weighted by atomic mass is 16.6. The van der Waals surface area contributed by atoms with E-state index in [1.807, 2.05) is 24.3 Å². The predicted octanol–water partition coefficient (Wildman–Crippen LogP) is 5.15. The van der Waals surface area contributed by atoms with Crippen LogP contribution in [-0.4, -0.2) is 0 Å². The van der Waals surface area contributed by atoms with Crippen LogP contribution in [0, 0.1) is 0 Å². The maximum Gasteiger partial charge on any atom is 0.170 e. The molecule has 0 fully saturated rings. The molecular formula is C18H18O2. The third-order valence-electron chi connectivity index (χ3n) is 5.28. The number of benzene rings is 2. The summed E-state index contributed by atoms with van der Waals surface area (Å²) in [6, 6.07) is 12.1. The summed E-state index contributed by atoms with van der Waals surface area (Å²) in [5, 5.41) is 0. The molecule has 4 rings (SSSR count). The van der Waals surface area contributed by atoms with Gasteiger partial charge in [0.1, 0.15) is 0 Å². The fourth-order valence-corrected chi connectivity index (χ4v) is 3.22. The van der Waals surface area contributed by atoms with Gasteiger partial charge >= 0.3 is 0 Å². The number of para-hydroxylation sites is 2. The van der Waals surface area contributed by atoms with Crippen molar-refractivity contribution in [2.75, 3.05) is 0 Å². The number of ether oxygens (including phenoxy) is 2. The van der Waals surface area contributed by atoms with Crippen molar-refractivity contribution in [1.29, 1.82) is 0 Å². The van der Waals surface area contributed by atoms with Gasteiger partial charge in [0.25, 0.3) is 0 Å². The van der Waals surface area contributed by atoms with Gasteiger partial charge < -0.3 is 9.47 Å². The van der Waals surface area contributed by atoms with Crippen LogP contribution in [0.1, 0.15) is 38.8 Å². The topological polar surface area (TPSA) is 18.5 Å². The van der Waals surface area contributed by atoms with Crippen molar-refractivity contribution in [2.24, 2.45) is 0 Å². The molecule has 0 radical (unpaired) electrons. The SMILES string of the molecule is CC1(C)c2cc3c(cc2C1(C)C)Oc1ccccc1O3. The van der Waals surface area contributed by atoms with E-state index in [4.69, 9.17) is 9.47 Å². The van der Waals surface area contributed by atoms with Crippen LogP contribution in [0.3, 0.4) is 0 Å². The van der Waals surface area contributed by atoms with Crippen LogP contribution in [0.25, 0.3) is 0 Å². The molecule has 0 amide bonds. The highest BCUT2D eigenvalue weighted by molar-refractivity contribution is 5.63. The molecule has 20 heavy (non-hydrogen) atoms. The Labute approximate surface area is 119 Å². The number of fused-ring (bicyclic) bond motifs is 3. The van der Waals surface area contributed by atoms with Gasteiger partial charge in [-0.2, -0.15) is 0 Å². The van der Waals surface area contributed by atoms with E-state index in [0.717, 1.165) is 23.0 Å². The number of rotatable bonds is 0. The second-order valence-electron chi connectivity index (χ2n) is 6.75. The zero-order valence-corrected chi connectivity index (χ0v) is 12.3. The minimum atomic E-state index is 0.164. The van der Waals surface area contributed by atoms with Crippen LogP contribution in [0.15, 0.2) is 36.4 Å². The molecule has 0 aromatic heterocycles. The normalized spacial score (nSPS) is 19.6. The van der Waals surface area contributed by atoms with Gasteiger partial charge in [-0.15, -0.1) is 0 Å². The molecule has 0 atom stereocenters. The third-order valence-corrected chi connectivity index (χ3v) is 5.28. The average molecular weight is 266 g/mol. The molecule has 0 spiro atoms. The molecule has 0 bridgehead atoms. The van der Waals surface area contributed by atoms with Crippen LogP contribution >= 0.6 is 0 Å². The van der Waals surface area contributed by atoms with Crippen molar-refractivity contribution in [2.45, 2.75) is 38.5 Å². The molecule has 2 heteroatoms. The van der Waals surface area contributed by atoms with Gasteiger partial charge in [-0.1, -0.05) is 39.8 Å². The predicted molar refractivity (Wildman–Crippen MR) is 79.1 cm³/mol. The summed E-state index contributed by atoms with van der Waals surface area (Å²) >= 11 is 0. The maximum atomic E-state index is 5.98. The van der Waals surface area contributed by atoms with Crippen LogP contribution in [-0.2, 0) is 10.8 Å². The molecule has 102 valence electrons. The number of hydrogen-bond donors (Lipinski definition) is 0. The molecule has 1 heterocycles. The van der Waals surface area contributed by atoms with Gasteiger partial charge in [0.05, 0.1) is 0 Å². The highest BCUT2D eigenvalue weighted by Gasteiger charge is 2.52. The fraction of sp³-hybridized carbons (Fsp3) is 0.333. The zero-order valence-electron chi connectivity index (χ0n) is 12.3. The van der Waals surface area contributed by atoms with Gasteiger partial charge in [-0.3, -0.25) is 0 Å². The van der Waals surface area contributed by atoms with E-state index in [9.17, 15) is 0 Å². The average Bonchev–Trinajstić information content (AvgIpc) is 2.43. The molecule has 1 aliphatic heterocycles. The van der Waals surface area contributed by atoms with Crippen LogP contribution < -0.4 is 9.47 Å². The van der Waals surface area contributed by atoms with Gasteiger partial charge in [-0.25, -0.2) is 0 Å². The first-order valence-electron chi connectivity index (χ1n) is 7.05. The van der Waals surface area contributed by atoms with E-state index in [-0.39, 0.29) is 10.8 Å². The third kappa shape index (κ3) is 1.24. The Morgan fingerprint density at radius 3 is 1.45 bits per heavy atom. The quantitative estimate of drug-likeness (QED) is 0.560. The van der Waals surface area contributed by atoms with Crippen molar-refractivity contribution in [1.82, 2.24) is 0 Å². The van der Waals surface area contributed by atoms with E-state index >= 15 is 0 Å². The van der Waals surface area contributed by atoms with E-state index in [0.29, 0.717) is 0 Å². The lowest BCUT2D eigenvalue weighted by Gasteiger charge is -2.54. The van der Waals surface area contributed by atoms with Crippen LogP contribution in [0.5, 0.6) is 23.0 Å². The number of hydrogen-bond acceptors (Lipinski definition) is 2. The summed E-state index contributed by atoms with van der Waals surface area (Å²) in [7, 11) is 0. The molecule has 0 saturated heterocycles. The summed E-state index contributed by atoms with van der Waals surface area (Å²) in [4.78, 5) is 0. The summed E-state index contributed by atoms with van der Waals surface area (Å²) in [5.41, 5.74) is 3.06. The first-order valence-corrected chi connectivity index (χ1v) is 7.05. The molecule has 1 aliphatic carbocycles. The zero-order chi connectivity index (χ0) is 14.1. The van der Waals surface area contributed by atoms with E-state index in [2.05, 4.69) is 39.8 Å². The first-order chi connectivity index (χ1) is 9.41. The standard InChI is InChI=1S/C18H18O2/c1-17(2)11-9-15-16(10-12(11)18(17,3)4)20-14-8-6-5-7-13(14)19-15/h5-10H,1-4H3. The molecule has 0 unspecified atom stereocenters. The Morgan fingerprint density at radius 2 is 1.05 bits per heavy atom. The van der Waals surface area contributed by atoms with Gasteiger partial charge in [0, 0.05) is 0 Å². The Kier molecular flexibility index (Phi) is 2.00. The smallest absolute Gasteiger partial charge is 0.170 e. The van der Waals surface area contributed by atoms with Crippen LogP contribution in [0.4, 0.5) is 0 Å². The highest BCUT2D eigenvalue weighted by Crippen LogP contribution is 2.59. The van der Waals surface area contributed by atoms with Gasteiger partial charge in [-0.05, 0) is 46.2 Å². The van der Waals surface area contributed by atoms with Gasteiger partial charge in [0.15, 0.2) is 23.0 Å². The molecule has 2 aromatic rings. The Bertz CT molecular complexity index is 664. The first kappa shape index (κ1) is 11.8. The molecule has 2 aromatic carbocycles. The minimum absolute atomic E-state index is 0.164. The Hall–Kier alpha value is -1.96. The second kappa shape index (κ2) is 3.38. The van der Waals surface area contributed by atoms with Crippen molar-refractivity contribution in [3.05, 3.63) is 47.5 Å². The lowest BCUT2D eigenvalue weighted by atomic mass is 9.49. The van der Waals surface area contributed by atoms with Crippen LogP contribution in [0.2, 0.25) is 0 Å². The molecule has 2 nitrogen and oxygen atoms in total. The fourth-order valence-electron chi connectivity index (χ4n) is 3.22. The Morgan fingerprint density at radius 1 is 0.650 bits per heavy atom. The van der Waals surface area contributed by atoms with E-state index in [1.165, 1.54) is 11.1 Å². The monoisotopic (exact) mass is 266 g/mol. The lowest BCUT2D eigenvalue weighted by Crippen LogP contribution is -2.50. The lowest BCUT2D eigenvalue weighted by molar-refractivity contribution is 0.237. The van der Waals surface area contributed by atoms with Crippen molar-refractivity contribution in [3.63, 3.8) is 0 Å². The molecular weight excluding hydrogens is 248 g/mol. The summed E-state index contributed by atoms with van der Waals surface area (Å²) in [6.07, 6.45) is 0. The molecule has 0 saturated carbocycles. The van der Waals surface area contributed by atoms with E-state index in [1.54, 1.807) is 0 Å². The largest absolute Gasteiger partial charge is 0.450 e. The molecule has 0 N–H and O–H groups in total. The van der Waals surface area contributed by atoms with E-state index < -0.39 is 0 Å². The van der Waals surface area contributed by atoms with Crippen molar-refractivity contribution >= 4 is 0 Å². The van der Waals surface area contributed by atoms with Crippen molar-refractivity contribution < 1.29 is 9.47 Å². The summed E-state index contributed by atoms with van der Waals surface area (Å²) in [6.45, 7) is 9.16. The Balaban J connectivity index is 1.86. The maximum absolute atomic E-state index is 5.98. The second-order valence-corrected chi connectivity index (χ2v) is 6.75. The molecule has 2 aliphatic rings. The summed E-state index contributed by atoms with van der Waals surface area (Å²) < 4.78 is 12.0. The minimum Gasteiger partial charge on any atom is -0.450 e. The van der Waals surface area contributed by atoms with Crippen molar-refractivity contribution in [3.8, 4) is 23.0 Å². The van der Waals surface area contributed by atoms with Gasteiger partial charge in [0.2, 0.25) is 0 Å². The summed E-state index contributed by atoms with van der Waals surface area (Å²) in [5.74, 6) is 3.23.